The second kappa shape index (κ2) is 5.91. The van der Waals surface area contributed by atoms with Gasteiger partial charge in [0, 0.05) is 17.5 Å². The van der Waals surface area contributed by atoms with Crippen molar-refractivity contribution in [2.24, 2.45) is 0 Å². The molecule has 96 valence electrons. The molecular formula is C15H15N3O. The van der Waals surface area contributed by atoms with Crippen LogP contribution in [0, 0.1) is 13.8 Å². The fourth-order valence-corrected chi connectivity index (χ4v) is 1.67. The van der Waals surface area contributed by atoms with Gasteiger partial charge in [-0.2, -0.15) is 0 Å². The molecule has 2 rings (SSSR count). The van der Waals surface area contributed by atoms with Gasteiger partial charge < -0.3 is 0 Å². The standard InChI is InChI=1S/C15H15N3O/c1-11-10-12(2)17-15(16-11)18-14(19)9-8-13-6-4-3-5-7-13/h3-10H,1-2H3,(H,16,17,18,19)/b9-8+. The van der Waals surface area contributed by atoms with Crippen LogP contribution in [0.25, 0.3) is 6.08 Å². The highest BCUT2D eigenvalue weighted by Gasteiger charge is 2.02. The van der Waals surface area contributed by atoms with Crippen LogP contribution in [0.5, 0.6) is 0 Å². The van der Waals surface area contributed by atoms with Gasteiger partial charge in [0.05, 0.1) is 0 Å². The number of carbonyl (C=O) groups excluding carboxylic acids is 1. The maximum absolute atomic E-state index is 11.7. The molecule has 4 heteroatoms. The van der Waals surface area contributed by atoms with Gasteiger partial charge in [0.25, 0.3) is 5.91 Å². The van der Waals surface area contributed by atoms with Gasteiger partial charge in [-0.1, -0.05) is 30.3 Å². The third-order valence-corrected chi connectivity index (χ3v) is 2.44. The van der Waals surface area contributed by atoms with Crippen LogP contribution in [-0.4, -0.2) is 15.9 Å². The van der Waals surface area contributed by atoms with Crippen molar-refractivity contribution in [2.75, 3.05) is 5.32 Å². The molecule has 0 atom stereocenters. The van der Waals surface area contributed by atoms with Gasteiger partial charge in [-0.3, -0.25) is 10.1 Å². The van der Waals surface area contributed by atoms with Crippen LogP contribution in [0.4, 0.5) is 5.95 Å². The third-order valence-electron chi connectivity index (χ3n) is 2.44. The van der Waals surface area contributed by atoms with Gasteiger partial charge in [-0.15, -0.1) is 0 Å². The van der Waals surface area contributed by atoms with Crippen LogP contribution in [0.1, 0.15) is 17.0 Å². The Morgan fingerprint density at radius 3 is 2.37 bits per heavy atom. The zero-order chi connectivity index (χ0) is 13.7. The highest BCUT2D eigenvalue weighted by molar-refractivity contribution is 6.00. The lowest BCUT2D eigenvalue weighted by Crippen LogP contribution is -2.11. The van der Waals surface area contributed by atoms with Crippen molar-refractivity contribution in [3.8, 4) is 0 Å². The normalized spacial score (nSPS) is 10.6. The molecule has 0 aliphatic rings. The van der Waals surface area contributed by atoms with E-state index in [2.05, 4.69) is 15.3 Å². The summed E-state index contributed by atoms with van der Waals surface area (Å²) in [4.78, 5) is 20.0. The molecule has 0 radical (unpaired) electrons. The van der Waals surface area contributed by atoms with E-state index in [1.807, 2.05) is 50.2 Å². The van der Waals surface area contributed by atoms with Gasteiger partial charge in [0.1, 0.15) is 0 Å². The quantitative estimate of drug-likeness (QED) is 0.856. The first-order valence-corrected chi connectivity index (χ1v) is 6.00. The van der Waals surface area contributed by atoms with E-state index in [-0.39, 0.29) is 5.91 Å². The minimum Gasteiger partial charge on any atom is -0.291 e. The van der Waals surface area contributed by atoms with Crippen LogP contribution in [0.15, 0.2) is 42.5 Å². The minimum absolute atomic E-state index is 0.242. The van der Waals surface area contributed by atoms with Crippen molar-refractivity contribution < 1.29 is 4.79 Å². The van der Waals surface area contributed by atoms with E-state index < -0.39 is 0 Å². The Hall–Kier alpha value is -2.49. The first-order chi connectivity index (χ1) is 9.13. The molecule has 0 bridgehead atoms. The number of anilines is 1. The number of aryl methyl sites for hydroxylation is 2. The monoisotopic (exact) mass is 253 g/mol. The number of hydrogen-bond acceptors (Lipinski definition) is 3. The molecular weight excluding hydrogens is 238 g/mol. The SMILES string of the molecule is Cc1cc(C)nc(NC(=O)/C=C/c2ccccc2)n1. The molecule has 0 fully saturated rings. The zero-order valence-corrected chi connectivity index (χ0v) is 10.9. The lowest BCUT2D eigenvalue weighted by molar-refractivity contribution is -0.111. The number of hydrogen-bond donors (Lipinski definition) is 1. The van der Waals surface area contributed by atoms with Crippen LogP contribution in [0.3, 0.4) is 0 Å². The predicted molar refractivity (Wildman–Crippen MR) is 75.6 cm³/mol. The average Bonchev–Trinajstić information content (AvgIpc) is 2.36. The van der Waals surface area contributed by atoms with E-state index in [0.29, 0.717) is 5.95 Å². The van der Waals surface area contributed by atoms with E-state index in [1.54, 1.807) is 6.08 Å². The Kier molecular flexibility index (Phi) is 4.03. The molecule has 1 N–H and O–H groups in total. The Balaban J connectivity index is 2.03. The molecule has 0 saturated carbocycles. The Morgan fingerprint density at radius 1 is 1.11 bits per heavy atom. The van der Waals surface area contributed by atoms with Crippen molar-refractivity contribution in [3.05, 3.63) is 59.4 Å². The van der Waals surface area contributed by atoms with Crippen molar-refractivity contribution in [3.63, 3.8) is 0 Å². The summed E-state index contributed by atoms with van der Waals surface area (Å²) in [5.74, 6) is 0.0917. The fourth-order valence-electron chi connectivity index (χ4n) is 1.67. The maximum Gasteiger partial charge on any atom is 0.250 e. The molecule has 0 aliphatic carbocycles. The minimum atomic E-state index is -0.242. The molecule has 2 aromatic rings. The summed E-state index contributed by atoms with van der Waals surface area (Å²) in [7, 11) is 0. The van der Waals surface area contributed by atoms with Crippen molar-refractivity contribution in [2.45, 2.75) is 13.8 Å². The van der Waals surface area contributed by atoms with E-state index in [9.17, 15) is 4.79 Å². The summed E-state index contributed by atoms with van der Waals surface area (Å²) >= 11 is 0. The molecule has 4 nitrogen and oxygen atoms in total. The van der Waals surface area contributed by atoms with Crippen LogP contribution < -0.4 is 5.32 Å². The van der Waals surface area contributed by atoms with Crippen molar-refractivity contribution in [1.82, 2.24) is 9.97 Å². The van der Waals surface area contributed by atoms with E-state index in [4.69, 9.17) is 0 Å². The van der Waals surface area contributed by atoms with Crippen LogP contribution in [-0.2, 0) is 4.79 Å². The number of nitrogens with zero attached hydrogens (tertiary/aromatic N) is 2. The van der Waals surface area contributed by atoms with Crippen molar-refractivity contribution >= 4 is 17.9 Å². The molecule has 1 amide bonds. The van der Waals surface area contributed by atoms with Crippen LogP contribution in [0.2, 0.25) is 0 Å². The molecule has 1 aromatic carbocycles. The summed E-state index contributed by atoms with van der Waals surface area (Å²) in [5.41, 5.74) is 2.63. The average molecular weight is 253 g/mol. The highest BCUT2D eigenvalue weighted by Crippen LogP contribution is 2.05. The summed E-state index contributed by atoms with van der Waals surface area (Å²) in [5, 5.41) is 2.65. The molecule has 19 heavy (non-hydrogen) atoms. The molecule has 1 heterocycles. The Labute approximate surface area is 112 Å². The third kappa shape index (κ3) is 4.03. The second-order valence-electron chi connectivity index (χ2n) is 4.21. The maximum atomic E-state index is 11.7. The number of amides is 1. The second-order valence-corrected chi connectivity index (χ2v) is 4.21. The predicted octanol–water partition coefficient (Wildman–Crippen LogP) is 2.75. The molecule has 0 saturated heterocycles. The molecule has 0 aliphatic heterocycles. The first kappa shape index (κ1) is 13.0. The van der Waals surface area contributed by atoms with Crippen molar-refractivity contribution in [1.29, 1.82) is 0 Å². The lowest BCUT2D eigenvalue weighted by Gasteiger charge is -2.02. The fraction of sp³-hybridized carbons (Fsp3) is 0.133. The summed E-state index contributed by atoms with van der Waals surface area (Å²) in [6.07, 6.45) is 3.22. The lowest BCUT2D eigenvalue weighted by atomic mass is 10.2. The van der Waals surface area contributed by atoms with Crippen LogP contribution >= 0.6 is 0 Å². The molecule has 1 aromatic heterocycles. The number of carbonyl (C=O) groups is 1. The van der Waals surface area contributed by atoms with E-state index >= 15 is 0 Å². The first-order valence-electron chi connectivity index (χ1n) is 6.00. The van der Waals surface area contributed by atoms with Gasteiger partial charge in [-0.05, 0) is 31.6 Å². The van der Waals surface area contributed by atoms with E-state index in [1.165, 1.54) is 6.08 Å². The largest absolute Gasteiger partial charge is 0.291 e. The van der Waals surface area contributed by atoms with Gasteiger partial charge in [0.15, 0.2) is 0 Å². The summed E-state index contributed by atoms with van der Waals surface area (Å²) < 4.78 is 0. The number of nitrogens with one attached hydrogen (secondary N) is 1. The number of benzene rings is 1. The summed E-state index contributed by atoms with van der Waals surface area (Å²) in [6.45, 7) is 3.73. The molecule has 0 spiro atoms. The molecule has 0 unspecified atom stereocenters. The number of rotatable bonds is 3. The van der Waals surface area contributed by atoms with Gasteiger partial charge in [0.2, 0.25) is 5.95 Å². The van der Waals surface area contributed by atoms with Gasteiger partial charge >= 0.3 is 0 Å². The van der Waals surface area contributed by atoms with E-state index in [0.717, 1.165) is 17.0 Å². The zero-order valence-electron chi connectivity index (χ0n) is 10.9. The highest BCUT2D eigenvalue weighted by atomic mass is 16.1. The number of aromatic nitrogens is 2. The Bertz CT molecular complexity index is 586. The smallest absolute Gasteiger partial charge is 0.250 e. The topological polar surface area (TPSA) is 54.9 Å². The Morgan fingerprint density at radius 2 is 1.74 bits per heavy atom. The van der Waals surface area contributed by atoms with Gasteiger partial charge in [-0.25, -0.2) is 9.97 Å². The summed E-state index contributed by atoms with van der Waals surface area (Å²) in [6, 6.07) is 11.5.